The molecule has 1 aromatic carbocycles. The summed E-state index contributed by atoms with van der Waals surface area (Å²) in [5, 5.41) is 5.00. The predicted molar refractivity (Wildman–Crippen MR) is 90.6 cm³/mol. The van der Waals surface area contributed by atoms with Crippen LogP contribution in [0.3, 0.4) is 0 Å². The van der Waals surface area contributed by atoms with Crippen molar-refractivity contribution in [1.82, 2.24) is 4.90 Å². The maximum atomic E-state index is 12.5. The van der Waals surface area contributed by atoms with Crippen LogP contribution in [0.2, 0.25) is 0 Å². The minimum Gasteiger partial charge on any atom is -0.366 e. The third-order valence-electron chi connectivity index (χ3n) is 4.62. The van der Waals surface area contributed by atoms with Gasteiger partial charge in [-0.25, -0.2) is 13.6 Å². The Morgan fingerprint density at radius 1 is 1.21 bits per heavy atom. The largest absolute Gasteiger partial charge is 0.366 e. The second-order valence-electron chi connectivity index (χ2n) is 6.68. The summed E-state index contributed by atoms with van der Waals surface area (Å²) in [6.45, 7) is 1.11. The maximum absolute atomic E-state index is 12.5. The lowest BCUT2D eigenvalue weighted by atomic mass is 10.0. The summed E-state index contributed by atoms with van der Waals surface area (Å²) >= 11 is 0. The molecule has 2 atom stereocenters. The van der Waals surface area contributed by atoms with Gasteiger partial charge in [0.05, 0.1) is 18.4 Å². The van der Waals surface area contributed by atoms with E-state index in [4.69, 9.17) is 9.88 Å². The lowest BCUT2D eigenvalue weighted by Crippen LogP contribution is -2.47. The van der Waals surface area contributed by atoms with Crippen LogP contribution in [-0.4, -0.2) is 44.2 Å². The monoisotopic (exact) mass is 352 g/mol. The van der Waals surface area contributed by atoms with Crippen LogP contribution < -0.4 is 5.14 Å². The smallest absolute Gasteiger partial charge is 0.222 e. The number of carbonyl (C=O) groups excluding carboxylic acids is 1. The zero-order valence-electron chi connectivity index (χ0n) is 13.6. The van der Waals surface area contributed by atoms with Gasteiger partial charge in [0.1, 0.15) is 6.10 Å². The van der Waals surface area contributed by atoms with Crippen molar-refractivity contribution in [2.24, 2.45) is 11.1 Å². The van der Waals surface area contributed by atoms with Gasteiger partial charge >= 0.3 is 0 Å². The van der Waals surface area contributed by atoms with Crippen LogP contribution in [0.25, 0.3) is 0 Å². The fraction of sp³-hybridized carbons (Fsp3) is 0.588. The van der Waals surface area contributed by atoms with Crippen molar-refractivity contribution in [1.29, 1.82) is 0 Å². The summed E-state index contributed by atoms with van der Waals surface area (Å²) in [7, 11) is -3.51. The summed E-state index contributed by atoms with van der Waals surface area (Å²) in [6, 6.07) is 9.93. The van der Waals surface area contributed by atoms with E-state index >= 15 is 0 Å². The molecule has 1 heterocycles. The molecule has 1 amide bonds. The van der Waals surface area contributed by atoms with Crippen molar-refractivity contribution >= 4 is 15.9 Å². The number of morpholine rings is 1. The molecular formula is C17H24N2O4S. The Kier molecular flexibility index (Phi) is 5.22. The zero-order chi connectivity index (χ0) is 17.2. The summed E-state index contributed by atoms with van der Waals surface area (Å²) in [5.74, 6) is 0.363. The molecule has 0 bridgehead atoms. The molecule has 1 aliphatic carbocycles. The number of benzene rings is 1. The van der Waals surface area contributed by atoms with E-state index in [-0.39, 0.29) is 36.7 Å². The minimum absolute atomic E-state index is 0.0199. The number of nitrogens with two attached hydrogens (primary N) is 1. The van der Waals surface area contributed by atoms with Crippen molar-refractivity contribution in [3.8, 4) is 0 Å². The molecule has 2 N–H and O–H groups in total. The minimum atomic E-state index is -3.51. The standard InChI is InChI=1S/C17H24N2O4S/c18-24(21,22)10-4-7-17(20)19-11-15(13-5-2-1-3-6-13)23-16(12-19)14-8-9-14/h1-3,5-6,14-16H,4,7-12H2,(H2,18,21,22)/t15-,16+/m0/s1. The number of sulfonamides is 1. The van der Waals surface area contributed by atoms with Gasteiger partial charge in [-0.3, -0.25) is 4.79 Å². The van der Waals surface area contributed by atoms with Crippen LogP contribution in [0, 0.1) is 5.92 Å². The molecule has 0 radical (unpaired) electrons. The van der Waals surface area contributed by atoms with Crippen molar-refractivity contribution in [2.45, 2.75) is 37.9 Å². The molecule has 1 saturated heterocycles. The predicted octanol–water partition coefficient (Wildman–Crippen LogP) is 1.43. The van der Waals surface area contributed by atoms with E-state index < -0.39 is 10.0 Å². The first kappa shape index (κ1) is 17.4. The number of hydrogen-bond acceptors (Lipinski definition) is 4. The molecular weight excluding hydrogens is 328 g/mol. The van der Waals surface area contributed by atoms with E-state index in [0.29, 0.717) is 19.0 Å². The van der Waals surface area contributed by atoms with Crippen molar-refractivity contribution in [3.63, 3.8) is 0 Å². The third kappa shape index (κ3) is 4.78. The van der Waals surface area contributed by atoms with Crippen LogP contribution >= 0.6 is 0 Å². The van der Waals surface area contributed by atoms with Crippen LogP contribution in [0.4, 0.5) is 0 Å². The second kappa shape index (κ2) is 7.21. The van der Waals surface area contributed by atoms with E-state index in [9.17, 15) is 13.2 Å². The highest BCUT2D eigenvalue weighted by atomic mass is 32.2. The summed E-state index contributed by atoms with van der Waals surface area (Å²) < 4.78 is 28.2. The SMILES string of the molecule is NS(=O)(=O)CCCC(=O)N1C[C@@H](c2ccccc2)O[C@@H](C2CC2)C1. The molecule has 7 heteroatoms. The summed E-state index contributed by atoms with van der Waals surface area (Å²) in [5.41, 5.74) is 1.07. The molecule has 2 fully saturated rings. The van der Waals surface area contributed by atoms with E-state index in [2.05, 4.69) is 0 Å². The third-order valence-corrected chi connectivity index (χ3v) is 5.47. The highest BCUT2D eigenvalue weighted by Crippen LogP contribution is 2.39. The number of amides is 1. The van der Waals surface area contributed by atoms with E-state index in [0.717, 1.165) is 18.4 Å². The molecule has 2 aliphatic rings. The van der Waals surface area contributed by atoms with E-state index in [1.807, 2.05) is 35.2 Å². The molecule has 1 aromatic rings. The molecule has 0 aromatic heterocycles. The Hall–Kier alpha value is -1.44. The van der Waals surface area contributed by atoms with Gasteiger partial charge in [-0.05, 0) is 30.7 Å². The van der Waals surface area contributed by atoms with Crippen LogP contribution in [0.5, 0.6) is 0 Å². The fourth-order valence-electron chi connectivity index (χ4n) is 3.16. The average Bonchev–Trinajstić information content (AvgIpc) is 3.39. The highest BCUT2D eigenvalue weighted by Gasteiger charge is 2.39. The topological polar surface area (TPSA) is 89.7 Å². The first-order valence-electron chi connectivity index (χ1n) is 8.41. The van der Waals surface area contributed by atoms with Gasteiger partial charge in [0.25, 0.3) is 0 Å². The molecule has 1 aliphatic heterocycles. The molecule has 132 valence electrons. The molecule has 6 nitrogen and oxygen atoms in total. The number of primary sulfonamides is 1. The molecule has 0 spiro atoms. The quantitative estimate of drug-likeness (QED) is 0.839. The Balaban J connectivity index is 1.64. The number of ether oxygens (including phenoxy) is 1. The average molecular weight is 352 g/mol. The maximum Gasteiger partial charge on any atom is 0.222 e. The van der Waals surface area contributed by atoms with Crippen molar-refractivity contribution < 1.29 is 17.9 Å². The van der Waals surface area contributed by atoms with Gasteiger partial charge in [0, 0.05) is 13.0 Å². The van der Waals surface area contributed by atoms with Crippen LogP contribution in [0.1, 0.15) is 37.4 Å². The summed E-state index contributed by atoms with van der Waals surface area (Å²) in [6.07, 6.45) is 2.73. The Morgan fingerprint density at radius 2 is 1.92 bits per heavy atom. The Labute approximate surface area is 143 Å². The first-order valence-corrected chi connectivity index (χ1v) is 10.1. The molecule has 24 heavy (non-hydrogen) atoms. The van der Waals surface area contributed by atoms with Gasteiger partial charge in [-0.1, -0.05) is 30.3 Å². The summed E-state index contributed by atoms with van der Waals surface area (Å²) in [4.78, 5) is 14.3. The lowest BCUT2D eigenvalue weighted by Gasteiger charge is -2.38. The molecule has 0 unspecified atom stereocenters. The van der Waals surface area contributed by atoms with Gasteiger partial charge < -0.3 is 9.64 Å². The van der Waals surface area contributed by atoms with Gasteiger partial charge in [0.2, 0.25) is 15.9 Å². The lowest BCUT2D eigenvalue weighted by molar-refractivity contribution is -0.148. The fourth-order valence-corrected chi connectivity index (χ4v) is 3.70. The molecule has 1 saturated carbocycles. The van der Waals surface area contributed by atoms with Crippen LogP contribution in [0.15, 0.2) is 30.3 Å². The normalized spacial score (nSPS) is 24.8. The van der Waals surface area contributed by atoms with E-state index in [1.165, 1.54) is 0 Å². The number of carbonyl (C=O) groups is 1. The number of nitrogens with zero attached hydrogens (tertiary/aromatic N) is 1. The van der Waals surface area contributed by atoms with Crippen molar-refractivity contribution in [3.05, 3.63) is 35.9 Å². The first-order chi connectivity index (χ1) is 11.4. The Bertz CT molecular complexity index is 673. The van der Waals surface area contributed by atoms with Crippen LogP contribution in [-0.2, 0) is 19.6 Å². The van der Waals surface area contributed by atoms with Crippen molar-refractivity contribution in [2.75, 3.05) is 18.8 Å². The second-order valence-corrected chi connectivity index (χ2v) is 8.41. The highest BCUT2D eigenvalue weighted by molar-refractivity contribution is 7.89. The molecule has 3 rings (SSSR count). The van der Waals surface area contributed by atoms with E-state index in [1.54, 1.807) is 0 Å². The zero-order valence-corrected chi connectivity index (χ0v) is 14.5. The van der Waals surface area contributed by atoms with Gasteiger partial charge in [0.15, 0.2) is 0 Å². The Morgan fingerprint density at radius 3 is 2.54 bits per heavy atom. The van der Waals surface area contributed by atoms with Gasteiger partial charge in [-0.2, -0.15) is 0 Å². The number of rotatable bonds is 6. The number of hydrogen-bond donors (Lipinski definition) is 1. The van der Waals surface area contributed by atoms with Gasteiger partial charge in [-0.15, -0.1) is 0 Å².